The lowest BCUT2D eigenvalue weighted by Crippen LogP contribution is -2.27. The van der Waals surface area contributed by atoms with Gasteiger partial charge in [0.05, 0.1) is 0 Å². The van der Waals surface area contributed by atoms with E-state index in [1.54, 1.807) is 26.8 Å². The van der Waals surface area contributed by atoms with Crippen LogP contribution >= 0.6 is 0 Å². The highest BCUT2D eigenvalue weighted by atomic mass is 16.6. The van der Waals surface area contributed by atoms with Crippen molar-refractivity contribution in [1.82, 2.24) is 0 Å². The first kappa shape index (κ1) is 14.6. The van der Waals surface area contributed by atoms with Crippen LogP contribution in [0.5, 0.6) is 0 Å². The van der Waals surface area contributed by atoms with E-state index in [2.05, 4.69) is 5.32 Å². The van der Waals surface area contributed by atoms with E-state index in [0.717, 1.165) is 0 Å². The molecule has 0 spiro atoms. The summed E-state index contributed by atoms with van der Waals surface area (Å²) in [6.45, 7) is 6.42. The van der Waals surface area contributed by atoms with E-state index < -0.39 is 17.7 Å². The van der Waals surface area contributed by atoms with Crippen LogP contribution in [-0.4, -0.2) is 22.8 Å². The number of hydrogen-bond acceptors (Lipinski definition) is 5. The lowest BCUT2D eigenvalue weighted by molar-refractivity contribution is 0.0630. The monoisotopic (exact) mass is 266 g/mol. The van der Waals surface area contributed by atoms with Crippen LogP contribution in [0, 0.1) is 18.3 Å². The topological polar surface area (TPSA) is 113 Å². The average molecular weight is 266 g/mol. The van der Waals surface area contributed by atoms with Gasteiger partial charge in [0.25, 0.3) is 0 Å². The molecule has 19 heavy (non-hydrogen) atoms. The first-order valence-corrected chi connectivity index (χ1v) is 5.42. The molecule has 102 valence electrons. The SMILES string of the molecule is Cc1oc(NC(=O)OC(C)(C)C)c(C#N)c1C(=O)O. The number of carboxylic acid groups (broad SMARTS) is 1. The van der Waals surface area contributed by atoms with Crippen LogP contribution in [0.25, 0.3) is 0 Å². The summed E-state index contributed by atoms with van der Waals surface area (Å²) in [6.07, 6.45) is -0.824. The number of aromatic carboxylic acids is 1. The minimum atomic E-state index is -1.30. The summed E-state index contributed by atoms with van der Waals surface area (Å²) in [7, 11) is 0. The van der Waals surface area contributed by atoms with Crippen molar-refractivity contribution < 1.29 is 23.8 Å². The van der Waals surface area contributed by atoms with Crippen LogP contribution in [0.1, 0.15) is 42.5 Å². The molecular formula is C12H14N2O5. The second-order valence-corrected chi connectivity index (χ2v) is 4.78. The fraction of sp³-hybridized carbons (Fsp3) is 0.417. The molecule has 0 saturated carbocycles. The van der Waals surface area contributed by atoms with Crippen molar-refractivity contribution in [1.29, 1.82) is 5.26 Å². The number of carbonyl (C=O) groups is 2. The average Bonchev–Trinajstić information content (AvgIpc) is 2.50. The van der Waals surface area contributed by atoms with Gasteiger partial charge in [-0.05, 0) is 27.7 Å². The van der Waals surface area contributed by atoms with Crippen LogP contribution in [0.4, 0.5) is 10.7 Å². The van der Waals surface area contributed by atoms with Crippen molar-refractivity contribution in [3.8, 4) is 6.07 Å². The summed E-state index contributed by atoms with van der Waals surface area (Å²) in [5, 5.41) is 20.1. The molecule has 0 atom stereocenters. The van der Waals surface area contributed by atoms with Crippen molar-refractivity contribution in [2.45, 2.75) is 33.3 Å². The van der Waals surface area contributed by atoms with Crippen molar-refractivity contribution in [3.63, 3.8) is 0 Å². The Morgan fingerprint density at radius 2 is 2.00 bits per heavy atom. The van der Waals surface area contributed by atoms with Crippen molar-refractivity contribution in [2.24, 2.45) is 0 Å². The molecule has 7 heteroatoms. The van der Waals surface area contributed by atoms with E-state index in [1.807, 2.05) is 0 Å². The maximum Gasteiger partial charge on any atom is 0.414 e. The highest BCUT2D eigenvalue weighted by Gasteiger charge is 2.25. The van der Waals surface area contributed by atoms with E-state index in [1.165, 1.54) is 6.92 Å². The molecule has 2 N–H and O–H groups in total. The molecule has 0 saturated heterocycles. The molecule has 0 aliphatic rings. The molecule has 7 nitrogen and oxygen atoms in total. The number of nitrogens with zero attached hydrogens (tertiary/aromatic N) is 1. The van der Waals surface area contributed by atoms with Gasteiger partial charge >= 0.3 is 12.1 Å². The number of furan rings is 1. The Kier molecular flexibility index (Phi) is 3.85. The predicted octanol–water partition coefficient (Wildman–Crippen LogP) is 2.50. The number of carbonyl (C=O) groups excluding carboxylic acids is 1. The Morgan fingerprint density at radius 1 is 1.42 bits per heavy atom. The van der Waals surface area contributed by atoms with Crippen LogP contribution in [0.3, 0.4) is 0 Å². The van der Waals surface area contributed by atoms with Gasteiger partial charge in [0.2, 0.25) is 5.88 Å². The zero-order valence-electron chi connectivity index (χ0n) is 11.0. The molecule has 0 bridgehead atoms. The number of aryl methyl sites for hydroxylation is 1. The zero-order chi connectivity index (χ0) is 14.8. The molecule has 1 aromatic heterocycles. The van der Waals surface area contributed by atoms with E-state index in [0.29, 0.717) is 0 Å². The lowest BCUT2D eigenvalue weighted by atomic mass is 10.1. The first-order chi connectivity index (χ1) is 8.65. The third-order valence-corrected chi connectivity index (χ3v) is 2.02. The van der Waals surface area contributed by atoms with E-state index >= 15 is 0 Å². The standard InChI is InChI=1S/C12H14N2O5/c1-6-8(10(15)16)7(5-13)9(18-6)14-11(17)19-12(2,3)4/h1-4H3,(H,14,17)(H,15,16). The van der Waals surface area contributed by atoms with Crippen LogP contribution in [-0.2, 0) is 4.74 Å². The van der Waals surface area contributed by atoms with Gasteiger partial charge in [-0.15, -0.1) is 0 Å². The largest absolute Gasteiger partial charge is 0.478 e. The predicted molar refractivity (Wildman–Crippen MR) is 65.0 cm³/mol. The summed E-state index contributed by atoms with van der Waals surface area (Å²) >= 11 is 0. The van der Waals surface area contributed by atoms with Crippen molar-refractivity contribution >= 4 is 17.9 Å². The van der Waals surface area contributed by atoms with Gasteiger partial charge in [0, 0.05) is 0 Å². The second-order valence-electron chi connectivity index (χ2n) is 4.78. The maximum atomic E-state index is 11.5. The summed E-state index contributed by atoms with van der Waals surface area (Å²) < 4.78 is 10.1. The third kappa shape index (κ3) is 3.48. The summed E-state index contributed by atoms with van der Waals surface area (Å²) in [6, 6.07) is 1.69. The number of nitriles is 1. The van der Waals surface area contributed by atoms with Gasteiger partial charge in [-0.1, -0.05) is 0 Å². The van der Waals surface area contributed by atoms with E-state index in [-0.39, 0.29) is 22.8 Å². The Morgan fingerprint density at radius 3 is 2.42 bits per heavy atom. The Balaban J connectivity index is 3.04. The second kappa shape index (κ2) is 5.02. The normalized spacial score (nSPS) is 10.7. The minimum Gasteiger partial charge on any atom is -0.478 e. The van der Waals surface area contributed by atoms with E-state index in [4.69, 9.17) is 19.5 Å². The fourth-order valence-corrected chi connectivity index (χ4v) is 1.39. The van der Waals surface area contributed by atoms with Gasteiger partial charge in [-0.3, -0.25) is 5.32 Å². The van der Waals surface area contributed by atoms with Gasteiger partial charge in [0.15, 0.2) is 0 Å². The molecule has 1 rings (SSSR count). The third-order valence-electron chi connectivity index (χ3n) is 2.02. The molecule has 0 aliphatic heterocycles. The van der Waals surface area contributed by atoms with Gasteiger partial charge < -0.3 is 14.3 Å². The van der Waals surface area contributed by atoms with Gasteiger partial charge in [0.1, 0.15) is 28.6 Å². The number of carboxylic acids is 1. The molecule has 0 fully saturated rings. The van der Waals surface area contributed by atoms with Gasteiger partial charge in [-0.25, -0.2) is 9.59 Å². The number of amides is 1. The number of anilines is 1. The quantitative estimate of drug-likeness (QED) is 0.850. The lowest BCUT2D eigenvalue weighted by Gasteiger charge is -2.19. The zero-order valence-corrected chi connectivity index (χ0v) is 11.0. The smallest absolute Gasteiger partial charge is 0.414 e. The molecule has 0 radical (unpaired) electrons. The number of ether oxygens (including phenoxy) is 1. The fourth-order valence-electron chi connectivity index (χ4n) is 1.39. The molecule has 0 unspecified atom stereocenters. The Hall–Kier alpha value is -2.49. The number of rotatable bonds is 2. The highest BCUT2D eigenvalue weighted by Crippen LogP contribution is 2.26. The molecule has 1 amide bonds. The molecule has 0 aromatic carbocycles. The number of nitrogens with one attached hydrogen (secondary N) is 1. The van der Waals surface area contributed by atoms with Gasteiger partial charge in [-0.2, -0.15) is 5.26 Å². The van der Waals surface area contributed by atoms with Crippen molar-refractivity contribution in [3.05, 3.63) is 16.9 Å². The van der Waals surface area contributed by atoms with Crippen LogP contribution in [0.15, 0.2) is 4.42 Å². The number of hydrogen-bond donors (Lipinski definition) is 2. The molecule has 0 aliphatic carbocycles. The molecule has 1 heterocycles. The summed E-state index contributed by atoms with van der Waals surface area (Å²) in [5.74, 6) is -1.49. The van der Waals surface area contributed by atoms with E-state index in [9.17, 15) is 9.59 Å². The van der Waals surface area contributed by atoms with Crippen LogP contribution in [0.2, 0.25) is 0 Å². The summed E-state index contributed by atoms with van der Waals surface area (Å²) in [4.78, 5) is 22.5. The Bertz CT molecular complexity index is 560. The molecule has 1 aromatic rings. The molecular weight excluding hydrogens is 252 g/mol. The van der Waals surface area contributed by atoms with Crippen LogP contribution < -0.4 is 5.32 Å². The highest BCUT2D eigenvalue weighted by molar-refractivity contribution is 5.95. The van der Waals surface area contributed by atoms with Crippen molar-refractivity contribution in [2.75, 3.05) is 5.32 Å². The minimum absolute atomic E-state index is 0.0371. The Labute approximate surface area is 109 Å². The first-order valence-electron chi connectivity index (χ1n) is 5.42. The maximum absolute atomic E-state index is 11.5. The summed E-state index contributed by atoms with van der Waals surface area (Å²) in [5.41, 5.74) is -1.22.